The molecule has 174 valence electrons. The zero-order valence-corrected chi connectivity index (χ0v) is 20.5. The lowest BCUT2D eigenvalue weighted by Gasteiger charge is -2.21. The van der Waals surface area contributed by atoms with Crippen LogP contribution in [-0.2, 0) is 0 Å². The molecular weight excluding hydrogens is 444 g/mol. The fraction of sp³-hybridized carbons (Fsp3) is 0.241. The summed E-state index contributed by atoms with van der Waals surface area (Å²) in [5.41, 5.74) is 6.81. The highest BCUT2D eigenvalue weighted by Gasteiger charge is 2.29. The Balaban J connectivity index is 1.58. The Morgan fingerprint density at radius 1 is 1.15 bits per heavy atom. The van der Waals surface area contributed by atoms with Crippen LogP contribution in [0.2, 0.25) is 5.02 Å². The van der Waals surface area contributed by atoms with Gasteiger partial charge < -0.3 is 10.1 Å². The van der Waals surface area contributed by atoms with Gasteiger partial charge in [-0.2, -0.15) is 0 Å². The number of hydrogen-bond donors (Lipinski definition) is 1. The minimum absolute atomic E-state index is 0.0190. The molecule has 0 bridgehead atoms. The summed E-state index contributed by atoms with van der Waals surface area (Å²) in [5, 5.41) is 4.14. The number of fused-ring (bicyclic) bond motifs is 1. The van der Waals surface area contributed by atoms with Gasteiger partial charge >= 0.3 is 0 Å². The van der Waals surface area contributed by atoms with Crippen LogP contribution in [0.25, 0.3) is 5.57 Å². The first kappa shape index (κ1) is 23.8. The van der Waals surface area contributed by atoms with Gasteiger partial charge in [0.25, 0.3) is 0 Å². The first-order valence-electron chi connectivity index (χ1n) is 11.5. The molecule has 1 aliphatic heterocycles. The molecule has 2 aromatic rings. The van der Waals surface area contributed by atoms with E-state index in [1.54, 1.807) is 13.2 Å². The number of carbonyl (C=O) groups excluding carboxylic acids is 1. The molecule has 1 N–H and O–H groups in total. The largest absolute Gasteiger partial charge is 0.495 e. The van der Waals surface area contributed by atoms with Crippen molar-refractivity contribution >= 4 is 34.4 Å². The second kappa shape index (κ2) is 10.7. The second-order valence-corrected chi connectivity index (χ2v) is 9.10. The summed E-state index contributed by atoms with van der Waals surface area (Å²) >= 11 is 6.41. The third-order valence-electron chi connectivity index (χ3n) is 5.92. The van der Waals surface area contributed by atoms with Crippen LogP contribution in [0.4, 0.5) is 5.69 Å². The van der Waals surface area contributed by atoms with E-state index in [9.17, 15) is 4.79 Å². The van der Waals surface area contributed by atoms with Gasteiger partial charge in [0.2, 0.25) is 0 Å². The highest BCUT2D eigenvalue weighted by atomic mass is 35.5. The molecule has 0 radical (unpaired) electrons. The van der Waals surface area contributed by atoms with Crippen LogP contribution in [0.15, 0.2) is 89.2 Å². The molecule has 0 aromatic heterocycles. The Bertz CT molecular complexity index is 1230. The topological polar surface area (TPSA) is 50.7 Å². The summed E-state index contributed by atoms with van der Waals surface area (Å²) in [7, 11) is 1.62. The molecule has 2 aromatic carbocycles. The van der Waals surface area contributed by atoms with Crippen molar-refractivity contribution in [3.05, 3.63) is 100 Å². The van der Waals surface area contributed by atoms with E-state index >= 15 is 0 Å². The van der Waals surface area contributed by atoms with Gasteiger partial charge in [-0.1, -0.05) is 41.5 Å². The number of ketones is 1. The number of rotatable bonds is 6. The second-order valence-electron chi connectivity index (χ2n) is 8.69. The molecule has 0 amide bonds. The third kappa shape index (κ3) is 5.40. The Morgan fingerprint density at radius 2 is 1.94 bits per heavy atom. The van der Waals surface area contributed by atoms with E-state index in [0.29, 0.717) is 16.3 Å². The lowest BCUT2D eigenvalue weighted by atomic mass is 9.86. The number of carbonyl (C=O) groups is 1. The Labute approximate surface area is 206 Å². The number of anilines is 1. The van der Waals surface area contributed by atoms with E-state index in [1.165, 1.54) is 0 Å². The highest BCUT2D eigenvalue weighted by Crippen LogP contribution is 2.38. The summed E-state index contributed by atoms with van der Waals surface area (Å²) in [6.07, 6.45) is 13.0. The number of nitrogens with one attached hydrogen (secondary N) is 1. The maximum atomic E-state index is 12.3. The van der Waals surface area contributed by atoms with Crippen molar-refractivity contribution in [2.45, 2.75) is 33.1 Å². The predicted octanol–water partition coefficient (Wildman–Crippen LogP) is 7.65. The third-order valence-corrected chi connectivity index (χ3v) is 6.22. The molecule has 4 nitrogen and oxygen atoms in total. The van der Waals surface area contributed by atoms with Crippen LogP contribution < -0.4 is 10.1 Å². The fourth-order valence-corrected chi connectivity index (χ4v) is 4.50. The number of aliphatic imine (C=N–C) groups is 1. The number of benzene rings is 2. The average molecular weight is 473 g/mol. The van der Waals surface area contributed by atoms with Crippen LogP contribution in [0, 0.1) is 5.92 Å². The normalized spacial score (nSPS) is 19.8. The lowest BCUT2D eigenvalue weighted by Crippen LogP contribution is -2.20. The summed E-state index contributed by atoms with van der Waals surface area (Å²) in [6.45, 7) is 3.85. The van der Waals surface area contributed by atoms with E-state index in [1.807, 2.05) is 62.5 Å². The minimum atomic E-state index is 0.0190. The summed E-state index contributed by atoms with van der Waals surface area (Å²) in [4.78, 5) is 17.2. The number of halogens is 1. The van der Waals surface area contributed by atoms with Crippen molar-refractivity contribution in [1.82, 2.24) is 0 Å². The molecule has 34 heavy (non-hydrogen) atoms. The van der Waals surface area contributed by atoms with Gasteiger partial charge in [0.05, 0.1) is 23.5 Å². The van der Waals surface area contributed by atoms with Gasteiger partial charge in [-0.3, -0.25) is 9.79 Å². The number of methoxy groups -OCH3 is 1. The van der Waals surface area contributed by atoms with Gasteiger partial charge in [0.15, 0.2) is 5.78 Å². The maximum Gasteiger partial charge on any atom is 0.185 e. The summed E-state index contributed by atoms with van der Waals surface area (Å²) in [6, 6.07) is 13.5. The van der Waals surface area contributed by atoms with Crippen LogP contribution in [-0.4, -0.2) is 18.6 Å². The van der Waals surface area contributed by atoms with Crippen molar-refractivity contribution in [3.63, 3.8) is 0 Å². The van der Waals surface area contributed by atoms with E-state index in [2.05, 4.69) is 23.5 Å². The van der Waals surface area contributed by atoms with Crippen LogP contribution in [0.1, 0.15) is 49.0 Å². The molecule has 0 spiro atoms. The predicted molar refractivity (Wildman–Crippen MR) is 142 cm³/mol. The van der Waals surface area contributed by atoms with Crippen molar-refractivity contribution in [1.29, 1.82) is 0 Å². The van der Waals surface area contributed by atoms with Gasteiger partial charge in [-0.25, -0.2) is 0 Å². The molecule has 1 heterocycles. The summed E-state index contributed by atoms with van der Waals surface area (Å²) in [5.74, 6) is 0.839. The van der Waals surface area contributed by atoms with Gasteiger partial charge in [-0.15, -0.1) is 0 Å². The van der Waals surface area contributed by atoms with Crippen molar-refractivity contribution in [2.75, 3.05) is 12.4 Å². The van der Waals surface area contributed by atoms with Gasteiger partial charge in [0.1, 0.15) is 5.75 Å². The van der Waals surface area contributed by atoms with Crippen LogP contribution >= 0.6 is 11.6 Å². The lowest BCUT2D eigenvalue weighted by molar-refractivity contribution is 0.104. The molecule has 0 fully saturated rings. The highest BCUT2D eigenvalue weighted by molar-refractivity contribution is 6.32. The fourth-order valence-electron chi connectivity index (χ4n) is 4.24. The number of hydrogen-bond acceptors (Lipinski definition) is 4. The van der Waals surface area contributed by atoms with Gasteiger partial charge in [0, 0.05) is 23.4 Å². The number of allylic oxidation sites excluding steroid dienone is 7. The number of ether oxygens (including phenoxy) is 1. The standard InChI is InChI=1S/C29H29ClN2O2/c1-19(2)16-27(33)20-10-13-22(14-11-20)32-26-9-7-5-4-6-8-23-24(18-31-29(23)26)21-12-15-28(34-3)25(30)17-21/h4-5,9-18,23,32H,6-8H2,1-3H3/b5-4-,26-9-. The Hall–Kier alpha value is -3.37. The van der Waals surface area contributed by atoms with E-state index < -0.39 is 0 Å². The molecule has 5 heteroatoms. The maximum absolute atomic E-state index is 12.3. The molecular formula is C29H29ClN2O2. The average Bonchev–Trinajstić information content (AvgIpc) is 3.26. The van der Waals surface area contributed by atoms with E-state index in [-0.39, 0.29) is 11.7 Å². The smallest absolute Gasteiger partial charge is 0.185 e. The first-order valence-corrected chi connectivity index (χ1v) is 11.9. The molecule has 1 atom stereocenters. The van der Waals surface area contributed by atoms with E-state index in [0.717, 1.165) is 53.1 Å². The first-order chi connectivity index (χ1) is 16.5. The molecule has 4 rings (SSSR count). The SMILES string of the molecule is COc1ccc(C2=CN=C3/C(Nc4ccc(C(=O)C=C(C)C)cc4)=C/C/C=C\CCC23)cc1Cl. The van der Waals surface area contributed by atoms with Crippen molar-refractivity contribution < 1.29 is 9.53 Å². The quantitative estimate of drug-likeness (QED) is 0.267. The Kier molecular flexibility index (Phi) is 7.49. The zero-order valence-electron chi connectivity index (χ0n) is 19.8. The molecule has 2 aliphatic rings. The summed E-state index contributed by atoms with van der Waals surface area (Å²) < 4.78 is 5.32. The van der Waals surface area contributed by atoms with Crippen molar-refractivity contribution in [2.24, 2.45) is 10.9 Å². The zero-order chi connectivity index (χ0) is 24.1. The molecule has 1 aliphatic carbocycles. The van der Waals surface area contributed by atoms with E-state index in [4.69, 9.17) is 21.3 Å². The Morgan fingerprint density at radius 3 is 2.65 bits per heavy atom. The molecule has 0 saturated carbocycles. The monoisotopic (exact) mass is 472 g/mol. The van der Waals surface area contributed by atoms with Crippen molar-refractivity contribution in [3.8, 4) is 5.75 Å². The van der Waals surface area contributed by atoms with Crippen LogP contribution in [0.3, 0.4) is 0 Å². The number of nitrogens with zero attached hydrogens (tertiary/aromatic N) is 1. The van der Waals surface area contributed by atoms with Gasteiger partial charge in [-0.05, 0) is 86.7 Å². The molecule has 0 saturated heterocycles. The minimum Gasteiger partial charge on any atom is -0.495 e. The van der Waals surface area contributed by atoms with Crippen LogP contribution in [0.5, 0.6) is 5.75 Å². The molecule has 1 unspecified atom stereocenters.